The van der Waals surface area contributed by atoms with Crippen molar-refractivity contribution in [2.45, 2.75) is 57.5 Å². The highest BCUT2D eigenvalue weighted by atomic mass is 16.1. The van der Waals surface area contributed by atoms with E-state index in [4.69, 9.17) is 5.73 Å². The number of carbonyl (C=O) groups excluding carboxylic acids is 1. The Morgan fingerprint density at radius 2 is 1.71 bits per heavy atom. The molecule has 0 bridgehead atoms. The fourth-order valence-electron chi connectivity index (χ4n) is 4.70. The summed E-state index contributed by atoms with van der Waals surface area (Å²) in [6.45, 7) is 6.38. The van der Waals surface area contributed by atoms with E-state index in [2.05, 4.69) is 33.4 Å². The molecular weight excluding hydrogens is 350 g/mol. The molecular formula is C22H35N5O. The maximum absolute atomic E-state index is 13.2. The Labute approximate surface area is 168 Å². The van der Waals surface area contributed by atoms with Gasteiger partial charge in [0.1, 0.15) is 0 Å². The summed E-state index contributed by atoms with van der Waals surface area (Å²) in [5.41, 5.74) is 9.47. The Balaban J connectivity index is 1.51. The summed E-state index contributed by atoms with van der Waals surface area (Å²) in [5, 5.41) is 6.46. The summed E-state index contributed by atoms with van der Waals surface area (Å²) in [7, 11) is 1.88. The van der Waals surface area contributed by atoms with Crippen molar-refractivity contribution in [3.63, 3.8) is 0 Å². The maximum atomic E-state index is 13.2. The van der Waals surface area contributed by atoms with Gasteiger partial charge in [-0.25, -0.2) is 0 Å². The number of nitrogen functional groups attached to an aromatic ring is 1. The fraction of sp³-hybridized carbons (Fsp3) is 0.682. The molecule has 0 aromatic heterocycles. The van der Waals surface area contributed by atoms with E-state index in [1.54, 1.807) is 0 Å². The van der Waals surface area contributed by atoms with Crippen molar-refractivity contribution in [1.29, 1.82) is 0 Å². The molecule has 4 N–H and O–H groups in total. The lowest BCUT2D eigenvalue weighted by Crippen LogP contribution is -2.48. The Hall–Kier alpha value is -1.95. The second kappa shape index (κ2) is 8.19. The van der Waals surface area contributed by atoms with Crippen LogP contribution in [0.1, 0.15) is 55.8 Å². The molecule has 3 fully saturated rings. The van der Waals surface area contributed by atoms with Crippen LogP contribution in [0.15, 0.2) is 12.1 Å². The van der Waals surface area contributed by atoms with Gasteiger partial charge in [0.25, 0.3) is 5.91 Å². The lowest BCUT2D eigenvalue weighted by Gasteiger charge is -2.37. The molecule has 0 atom stereocenters. The summed E-state index contributed by atoms with van der Waals surface area (Å²) in [6, 6.07) is 5.00. The van der Waals surface area contributed by atoms with Gasteiger partial charge in [-0.3, -0.25) is 9.69 Å². The zero-order valence-corrected chi connectivity index (χ0v) is 17.3. The summed E-state index contributed by atoms with van der Waals surface area (Å²) in [6.07, 6.45) is 7.24. The van der Waals surface area contributed by atoms with Crippen molar-refractivity contribution in [1.82, 2.24) is 10.2 Å². The van der Waals surface area contributed by atoms with Crippen LogP contribution in [0.3, 0.4) is 0 Å². The smallest absolute Gasteiger partial charge is 0.253 e. The lowest BCUT2D eigenvalue weighted by molar-refractivity contribution is 0.0923. The highest BCUT2D eigenvalue weighted by Gasteiger charge is 2.32. The molecule has 6 heteroatoms. The van der Waals surface area contributed by atoms with Crippen LogP contribution in [0.25, 0.3) is 0 Å². The van der Waals surface area contributed by atoms with E-state index in [9.17, 15) is 4.79 Å². The van der Waals surface area contributed by atoms with Gasteiger partial charge in [-0.2, -0.15) is 0 Å². The highest BCUT2D eigenvalue weighted by Crippen LogP contribution is 2.33. The molecule has 0 radical (unpaired) electrons. The first-order valence-corrected chi connectivity index (χ1v) is 11.0. The van der Waals surface area contributed by atoms with Crippen LogP contribution in [0.2, 0.25) is 0 Å². The molecule has 3 aliphatic rings. The first-order valence-electron chi connectivity index (χ1n) is 11.0. The number of nitrogens with one attached hydrogen (secondary N) is 2. The summed E-state index contributed by atoms with van der Waals surface area (Å²) < 4.78 is 0. The Morgan fingerprint density at radius 1 is 1.04 bits per heavy atom. The zero-order valence-electron chi connectivity index (χ0n) is 17.3. The van der Waals surface area contributed by atoms with E-state index >= 15 is 0 Å². The van der Waals surface area contributed by atoms with E-state index in [-0.39, 0.29) is 11.9 Å². The average Bonchev–Trinajstić information content (AvgIpc) is 3.55. The van der Waals surface area contributed by atoms with Gasteiger partial charge in [0.05, 0.1) is 22.6 Å². The molecule has 0 spiro atoms. The van der Waals surface area contributed by atoms with Crippen molar-refractivity contribution < 1.29 is 4.79 Å². The van der Waals surface area contributed by atoms with Gasteiger partial charge in [0.15, 0.2) is 0 Å². The second-order valence-corrected chi connectivity index (χ2v) is 8.89. The molecule has 28 heavy (non-hydrogen) atoms. The van der Waals surface area contributed by atoms with Crippen LogP contribution in [-0.4, -0.2) is 56.1 Å². The number of anilines is 3. The third-order valence-corrected chi connectivity index (χ3v) is 6.75. The fourth-order valence-corrected chi connectivity index (χ4v) is 4.70. The molecule has 154 valence electrons. The van der Waals surface area contributed by atoms with Gasteiger partial charge < -0.3 is 21.3 Å². The highest BCUT2D eigenvalue weighted by molar-refractivity contribution is 6.02. The third-order valence-electron chi connectivity index (χ3n) is 6.75. The van der Waals surface area contributed by atoms with E-state index in [0.717, 1.165) is 67.9 Å². The van der Waals surface area contributed by atoms with Gasteiger partial charge in [0, 0.05) is 45.3 Å². The van der Waals surface area contributed by atoms with Crippen LogP contribution >= 0.6 is 0 Å². The Bertz CT molecular complexity index is 701. The van der Waals surface area contributed by atoms with Crippen LogP contribution < -0.4 is 21.3 Å². The van der Waals surface area contributed by atoms with Gasteiger partial charge >= 0.3 is 0 Å². The van der Waals surface area contributed by atoms with Crippen molar-refractivity contribution in [3.8, 4) is 0 Å². The summed E-state index contributed by atoms with van der Waals surface area (Å²) in [4.78, 5) is 18.1. The van der Waals surface area contributed by atoms with Gasteiger partial charge in [-0.05, 0) is 56.6 Å². The molecule has 2 aliphatic carbocycles. The Kier molecular flexibility index (Phi) is 5.67. The molecule has 2 saturated carbocycles. The largest absolute Gasteiger partial charge is 0.397 e. The predicted molar refractivity (Wildman–Crippen MR) is 116 cm³/mol. The van der Waals surface area contributed by atoms with Crippen molar-refractivity contribution >= 4 is 23.0 Å². The van der Waals surface area contributed by atoms with Crippen LogP contribution in [0.4, 0.5) is 17.1 Å². The number of hydrogen-bond acceptors (Lipinski definition) is 5. The van der Waals surface area contributed by atoms with Gasteiger partial charge in [-0.1, -0.05) is 6.92 Å². The van der Waals surface area contributed by atoms with Crippen LogP contribution in [-0.2, 0) is 0 Å². The molecule has 1 aliphatic heterocycles. The number of hydrogen-bond donors (Lipinski definition) is 3. The van der Waals surface area contributed by atoms with Crippen molar-refractivity contribution in [3.05, 3.63) is 17.7 Å². The minimum atomic E-state index is 0.0218. The minimum absolute atomic E-state index is 0.0218. The molecule has 1 amide bonds. The number of benzene rings is 1. The zero-order chi connectivity index (χ0) is 19.7. The average molecular weight is 386 g/mol. The summed E-state index contributed by atoms with van der Waals surface area (Å²) in [5.74, 6) is 0.797. The second-order valence-electron chi connectivity index (χ2n) is 8.89. The topological polar surface area (TPSA) is 73.6 Å². The molecule has 1 saturated heterocycles. The van der Waals surface area contributed by atoms with Crippen LogP contribution in [0, 0.1) is 5.92 Å². The van der Waals surface area contributed by atoms with Gasteiger partial charge in [0.2, 0.25) is 0 Å². The van der Waals surface area contributed by atoms with Crippen molar-refractivity contribution in [2.24, 2.45) is 5.92 Å². The molecule has 1 aromatic carbocycles. The number of rotatable bonds is 5. The maximum Gasteiger partial charge on any atom is 0.253 e. The lowest BCUT2D eigenvalue weighted by atomic mass is 9.87. The molecule has 0 unspecified atom stereocenters. The number of nitrogens with zero attached hydrogens (tertiary/aromatic N) is 2. The predicted octanol–water partition coefficient (Wildman–Crippen LogP) is 2.90. The Morgan fingerprint density at radius 3 is 2.32 bits per heavy atom. The number of nitrogens with two attached hydrogens (primary N) is 1. The van der Waals surface area contributed by atoms with Crippen LogP contribution in [0.5, 0.6) is 0 Å². The van der Waals surface area contributed by atoms with E-state index in [0.29, 0.717) is 5.69 Å². The van der Waals surface area contributed by atoms with Gasteiger partial charge in [-0.15, -0.1) is 0 Å². The summed E-state index contributed by atoms with van der Waals surface area (Å²) >= 11 is 0. The minimum Gasteiger partial charge on any atom is -0.397 e. The SMILES string of the molecule is CNc1cc(N2CCN(C3CC3)CC2)c(C(=O)N[C@H]2CC[C@H](C)CC2)cc1N. The normalized spacial score (nSPS) is 26.1. The molecule has 6 nitrogen and oxygen atoms in total. The first-order chi connectivity index (χ1) is 13.5. The van der Waals surface area contributed by atoms with E-state index in [1.807, 2.05) is 13.1 Å². The standard InChI is InChI=1S/C22H35N5O/c1-15-3-5-16(6-4-15)25-22(28)18-13-19(23)20(24-2)14-21(18)27-11-9-26(10-12-27)17-7-8-17/h13-17,24H,3-12,23H2,1-2H3,(H,25,28)/t15-,16-. The van der Waals surface area contributed by atoms with Crippen molar-refractivity contribution in [2.75, 3.05) is 49.2 Å². The molecule has 4 rings (SSSR count). The van der Waals surface area contributed by atoms with E-state index in [1.165, 1.54) is 25.7 Å². The van der Waals surface area contributed by atoms with E-state index < -0.39 is 0 Å². The molecule has 1 heterocycles. The monoisotopic (exact) mass is 385 g/mol. The number of amides is 1. The number of piperazine rings is 1. The first kappa shape index (κ1) is 19.4. The number of carbonyl (C=O) groups is 1. The third kappa shape index (κ3) is 4.22. The molecule has 1 aromatic rings. The quantitative estimate of drug-likeness (QED) is 0.680.